The van der Waals surface area contributed by atoms with Crippen molar-refractivity contribution in [1.82, 2.24) is 14.9 Å². The molecular weight excluding hydrogens is 254 g/mol. The summed E-state index contributed by atoms with van der Waals surface area (Å²) in [6.45, 7) is 6.17. The quantitative estimate of drug-likeness (QED) is 0.847. The molecule has 2 heterocycles. The Hall–Kier alpha value is -1.56. The van der Waals surface area contributed by atoms with E-state index in [1.807, 2.05) is 6.92 Å². The van der Waals surface area contributed by atoms with Gasteiger partial charge in [0.1, 0.15) is 6.33 Å². The van der Waals surface area contributed by atoms with Crippen LogP contribution in [0.1, 0.15) is 13.3 Å². The third-order valence-electron chi connectivity index (χ3n) is 3.72. The lowest BCUT2D eigenvalue weighted by Gasteiger charge is -2.24. The average molecular weight is 279 g/mol. The lowest BCUT2D eigenvalue weighted by molar-refractivity contribution is 0.393. The van der Waals surface area contributed by atoms with Gasteiger partial charge < -0.3 is 19.9 Å². The summed E-state index contributed by atoms with van der Waals surface area (Å²) in [7, 11) is 5.91. The number of anilines is 2. The highest BCUT2D eigenvalue weighted by Gasteiger charge is 2.23. The first kappa shape index (κ1) is 14.8. The summed E-state index contributed by atoms with van der Waals surface area (Å²) >= 11 is 0. The number of ether oxygens (including phenoxy) is 1. The maximum absolute atomic E-state index is 5.50. The predicted octanol–water partition coefficient (Wildman–Crippen LogP) is 1.30. The molecule has 1 atom stereocenters. The van der Waals surface area contributed by atoms with E-state index < -0.39 is 0 Å². The summed E-state index contributed by atoms with van der Waals surface area (Å²) in [4.78, 5) is 13.2. The van der Waals surface area contributed by atoms with Crippen molar-refractivity contribution in [3.05, 3.63) is 6.33 Å². The van der Waals surface area contributed by atoms with E-state index in [0.29, 0.717) is 5.92 Å². The molecule has 0 aromatic carbocycles. The molecule has 1 saturated heterocycles. The van der Waals surface area contributed by atoms with E-state index in [-0.39, 0.29) is 0 Å². The highest BCUT2D eigenvalue weighted by Crippen LogP contribution is 2.32. The van der Waals surface area contributed by atoms with Crippen molar-refractivity contribution in [3.63, 3.8) is 0 Å². The van der Waals surface area contributed by atoms with Gasteiger partial charge in [-0.05, 0) is 32.9 Å². The number of likely N-dealkylation sites (tertiary alicyclic amines) is 1. The minimum atomic E-state index is 0.687. The molecule has 0 bridgehead atoms. The predicted molar refractivity (Wildman–Crippen MR) is 81.6 cm³/mol. The Kier molecular flexibility index (Phi) is 5.00. The van der Waals surface area contributed by atoms with Gasteiger partial charge in [-0.25, -0.2) is 9.97 Å². The molecule has 2 rings (SSSR count). The van der Waals surface area contributed by atoms with Gasteiger partial charge >= 0.3 is 0 Å². The molecule has 0 aliphatic carbocycles. The maximum Gasteiger partial charge on any atom is 0.204 e. The smallest absolute Gasteiger partial charge is 0.204 e. The Balaban J connectivity index is 2.12. The van der Waals surface area contributed by atoms with Crippen molar-refractivity contribution >= 4 is 11.6 Å². The molecule has 1 fully saturated rings. The second-order valence-corrected chi connectivity index (χ2v) is 5.41. The summed E-state index contributed by atoms with van der Waals surface area (Å²) in [5.41, 5.74) is 0. The van der Waals surface area contributed by atoms with Crippen molar-refractivity contribution in [2.75, 3.05) is 57.6 Å². The molecular formula is C14H25N5O. The molecule has 1 aromatic rings. The third-order valence-corrected chi connectivity index (χ3v) is 3.72. The van der Waals surface area contributed by atoms with Crippen molar-refractivity contribution in [2.24, 2.45) is 5.92 Å². The van der Waals surface area contributed by atoms with Gasteiger partial charge in [0, 0.05) is 26.7 Å². The lowest BCUT2D eigenvalue weighted by Crippen LogP contribution is -2.28. The zero-order chi connectivity index (χ0) is 14.5. The first-order valence-electron chi connectivity index (χ1n) is 7.18. The summed E-state index contributed by atoms with van der Waals surface area (Å²) in [5, 5.41) is 3.21. The molecule has 1 aromatic heterocycles. The Labute approximate surface area is 121 Å². The molecule has 1 aliphatic rings. The van der Waals surface area contributed by atoms with Gasteiger partial charge in [-0.15, -0.1) is 0 Å². The first-order chi connectivity index (χ1) is 9.65. The molecule has 6 nitrogen and oxygen atoms in total. The molecule has 0 saturated carbocycles. The van der Waals surface area contributed by atoms with Gasteiger partial charge in [0.05, 0.1) is 7.11 Å². The minimum Gasteiger partial charge on any atom is -0.490 e. The van der Waals surface area contributed by atoms with E-state index in [1.165, 1.54) is 13.0 Å². The van der Waals surface area contributed by atoms with Gasteiger partial charge in [-0.2, -0.15) is 0 Å². The van der Waals surface area contributed by atoms with Crippen molar-refractivity contribution in [2.45, 2.75) is 13.3 Å². The number of nitrogens with one attached hydrogen (secondary N) is 1. The largest absolute Gasteiger partial charge is 0.490 e. The molecule has 0 amide bonds. The number of rotatable bonds is 6. The lowest BCUT2D eigenvalue weighted by atomic mass is 10.1. The highest BCUT2D eigenvalue weighted by atomic mass is 16.5. The second kappa shape index (κ2) is 6.74. The highest BCUT2D eigenvalue weighted by molar-refractivity contribution is 5.64. The Morgan fingerprint density at radius 2 is 2.30 bits per heavy atom. The van der Waals surface area contributed by atoms with Crippen LogP contribution in [0.4, 0.5) is 11.6 Å². The Bertz CT molecular complexity index is 440. The second-order valence-electron chi connectivity index (χ2n) is 5.41. The summed E-state index contributed by atoms with van der Waals surface area (Å²) < 4.78 is 5.50. The van der Waals surface area contributed by atoms with Crippen LogP contribution >= 0.6 is 0 Å². The van der Waals surface area contributed by atoms with Gasteiger partial charge in [-0.3, -0.25) is 0 Å². The molecule has 20 heavy (non-hydrogen) atoms. The summed E-state index contributed by atoms with van der Waals surface area (Å²) in [5.74, 6) is 3.03. The fourth-order valence-corrected chi connectivity index (χ4v) is 2.77. The number of hydrogen-bond donors (Lipinski definition) is 1. The SMILES string of the molecule is CCNc1ncnc(N(C)CC2CCN(C)C2)c1OC. The van der Waals surface area contributed by atoms with Crippen LogP contribution in [0.5, 0.6) is 5.75 Å². The molecule has 1 unspecified atom stereocenters. The number of hydrogen-bond acceptors (Lipinski definition) is 6. The fourth-order valence-electron chi connectivity index (χ4n) is 2.77. The Morgan fingerprint density at radius 3 is 2.90 bits per heavy atom. The van der Waals surface area contributed by atoms with E-state index in [0.717, 1.165) is 37.0 Å². The van der Waals surface area contributed by atoms with Gasteiger partial charge in [0.25, 0.3) is 0 Å². The summed E-state index contributed by atoms with van der Waals surface area (Å²) in [6.07, 6.45) is 2.83. The molecule has 0 spiro atoms. The average Bonchev–Trinajstić information content (AvgIpc) is 2.84. The van der Waals surface area contributed by atoms with Crippen LogP contribution in [0.15, 0.2) is 6.33 Å². The van der Waals surface area contributed by atoms with E-state index in [4.69, 9.17) is 4.74 Å². The number of nitrogens with zero attached hydrogens (tertiary/aromatic N) is 4. The van der Waals surface area contributed by atoms with Crippen LogP contribution in [0.2, 0.25) is 0 Å². The standard InChI is InChI=1S/C14H25N5O/c1-5-15-13-12(20-4)14(17-10-16-13)19(3)9-11-6-7-18(2)8-11/h10-11H,5-9H2,1-4H3,(H,15,16,17). The number of aromatic nitrogens is 2. The zero-order valence-corrected chi connectivity index (χ0v) is 12.9. The van der Waals surface area contributed by atoms with Crippen molar-refractivity contribution in [1.29, 1.82) is 0 Å². The monoisotopic (exact) mass is 279 g/mol. The fraction of sp³-hybridized carbons (Fsp3) is 0.714. The van der Waals surface area contributed by atoms with Gasteiger partial charge in [0.2, 0.25) is 5.75 Å². The van der Waals surface area contributed by atoms with Crippen molar-refractivity contribution < 1.29 is 4.74 Å². The normalized spacial score (nSPS) is 19.1. The van der Waals surface area contributed by atoms with Crippen LogP contribution < -0.4 is 15.0 Å². The van der Waals surface area contributed by atoms with Crippen LogP contribution in [0.3, 0.4) is 0 Å². The molecule has 6 heteroatoms. The van der Waals surface area contributed by atoms with E-state index in [1.54, 1.807) is 13.4 Å². The zero-order valence-electron chi connectivity index (χ0n) is 12.9. The summed E-state index contributed by atoms with van der Waals surface area (Å²) in [6, 6.07) is 0. The number of methoxy groups -OCH3 is 1. The van der Waals surface area contributed by atoms with Gasteiger partial charge in [0.15, 0.2) is 11.6 Å². The van der Waals surface area contributed by atoms with E-state index in [2.05, 4.69) is 39.2 Å². The first-order valence-corrected chi connectivity index (χ1v) is 7.18. The third kappa shape index (κ3) is 3.30. The van der Waals surface area contributed by atoms with Crippen molar-refractivity contribution in [3.8, 4) is 5.75 Å². The minimum absolute atomic E-state index is 0.687. The van der Waals surface area contributed by atoms with Crippen LogP contribution in [0.25, 0.3) is 0 Å². The van der Waals surface area contributed by atoms with E-state index in [9.17, 15) is 0 Å². The molecule has 1 N–H and O–H groups in total. The molecule has 1 aliphatic heterocycles. The van der Waals surface area contributed by atoms with Gasteiger partial charge in [-0.1, -0.05) is 0 Å². The van der Waals surface area contributed by atoms with Crippen LogP contribution in [0, 0.1) is 5.92 Å². The van der Waals surface area contributed by atoms with Crippen LogP contribution in [-0.4, -0.2) is 62.3 Å². The Morgan fingerprint density at radius 1 is 1.50 bits per heavy atom. The maximum atomic E-state index is 5.50. The molecule has 112 valence electrons. The molecule has 0 radical (unpaired) electrons. The topological polar surface area (TPSA) is 53.5 Å². The van der Waals surface area contributed by atoms with Crippen LogP contribution in [-0.2, 0) is 0 Å². The van der Waals surface area contributed by atoms with E-state index >= 15 is 0 Å².